The first-order valence-electron chi connectivity index (χ1n) is 5.41. The second-order valence-electron chi connectivity index (χ2n) is 3.87. The van der Waals surface area contributed by atoms with E-state index in [2.05, 4.69) is 5.16 Å². The Hall–Kier alpha value is -1.85. The van der Waals surface area contributed by atoms with Crippen molar-refractivity contribution in [2.24, 2.45) is 0 Å². The number of nitrogens with two attached hydrogens (primary N) is 1. The summed E-state index contributed by atoms with van der Waals surface area (Å²) in [5.41, 5.74) is 7.61. The molecule has 6 heteroatoms. The number of hydrogen-bond acceptors (Lipinski definition) is 4. The quantitative estimate of drug-likeness (QED) is 0.760. The Kier molecular flexibility index (Phi) is 3.00. The maximum absolute atomic E-state index is 13.1. The van der Waals surface area contributed by atoms with Gasteiger partial charge in [0, 0.05) is 5.56 Å². The molecule has 2 aromatic heterocycles. The Bertz CT molecular complexity index is 724. The molecule has 3 nitrogen and oxygen atoms in total. The molecule has 96 valence electrons. The first-order chi connectivity index (χ1) is 9.16. The highest BCUT2D eigenvalue weighted by Gasteiger charge is 2.20. The second kappa shape index (κ2) is 4.68. The van der Waals surface area contributed by atoms with Crippen LogP contribution in [-0.4, -0.2) is 5.16 Å². The summed E-state index contributed by atoms with van der Waals surface area (Å²) in [6, 6.07) is 7.94. The molecule has 0 saturated heterocycles. The average Bonchev–Trinajstić information content (AvgIpc) is 2.99. The van der Waals surface area contributed by atoms with Gasteiger partial charge in [-0.15, -0.1) is 11.3 Å². The molecule has 0 amide bonds. The van der Waals surface area contributed by atoms with Crippen molar-refractivity contribution in [2.45, 2.75) is 0 Å². The van der Waals surface area contributed by atoms with E-state index in [1.54, 1.807) is 6.07 Å². The predicted octanol–water partition coefficient (Wildman–Crippen LogP) is 4.44. The van der Waals surface area contributed by atoms with Crippen LogP contribution in [0.3, 0.4) is 0 Å². The van der Waals surface area contributed by atoms with Crippen LogP contribution in [-0.2, 0) is 0 Å². The fraction of sp³-hybridized carbons (Fsp3) is 0. The van der Waals surface area contributed by atoms with Crippen LogP contribution < -0.4 is 5.73 Å². The summed E-state index contributed by atoms with van der Waals surface area (Å²) in [5.74, 6) is -0.238. The van der Waals surface area contributed by atoms with E-state index >= 15 is 0 Å². The minimum absolute atomic E-state index is 0.164. The van der Waals surface area contributed by atoms with Crippen molar-refractivity contribution in [1.82, 2.24) is 5.16 Å². The van der Waals surface area contributed by atoms with Gasteiger partial charge in [-0.1, -0.05) is 22.8 Å². The summed E-state index contributed by atoms with van der Waals surface area (Å²) in [5, 5.41) is 6.15. The van der Waals surface area contributed by atoms with E-state index < -0.39 is 5.82 Å². The number of nitrogen functional groups attached to an aromatic ring is 1. The Labute approximate surface area is 117 Å². The highest BCUT2D eigenvalue weighted by atomic mass is 35.5. The van der Waals surface area contributed by atoms with Gasteiger partial charge < -0.3 is 10.3 Å². The van der Waals surface area contributed by atoms with Crippen molar-refractivity contribution in [2.75, 3.05) is 5.73 Å². The zero-order valence-electron chi connectivity index (χ0n) is 9.56. The third kappa shape index (κ3) is 2.11. The average molecular weight is 295 g/mol. The molecule has 2 heterocycles. The molecule has 3 rings (SSSR count). The fourth-order valence-electron chi connectivity index (χ4n) is 1.84. The molecule has 2 N–H and O–H groups in total. The number of halogens is 2. The zero-order chi connectivity index (χ0) is 13.4. The van der Waals surface area contributed by atoms with E-state index in [0.29, 0.717) is 16.8 Å². The third-order valence-corrected chi connectivity index (χ3v) is 3.86. The molecule has 0 spiro atoms. The summed E-state index contributed by atoms with van der Waals surface area (Å²) in [4.78, 5) is 0.913. The molecule has 0 bridgehead atoms. The van der Waals surface area contributed by atoms with Gasteiger partial charge in [0.15, 0.2) is 0 Å². The lowest BCUT2D eigenvalue weighted by molar-refractivity contribution is 0.439. The van der Waals surface area contributed by atoms with Crippen LogP contribution >= 0.6 is 22.9 Å². The smallest absolute Gasteiger partial charge is 0.230 e. The van der Waals surface area contributed by atoms with Crippen molar-refractivity contribution in [3.05, 3.63) is 46.6 Å². The lowest BCUT2D eigenvalue weighted by atomic mass is 10.0. The molecule has 0 aliphatic heterocycles. The Morgan fingerprint density at radius 3 is 2.84 bits per heavy atom. The minimum Gasteiger partial charge on any atom is -0.367 e. The van der Waals surface area contributed by atoms with Gasteiger partial charge in [0.2, 0.25) is 5.88 Å². The van der Waals surface area contributed by atoms with Crippen molar-refractivity contribution in [1.29, 1.82) is 0 Å². The Balaban J connectivity index is 2.22. The van der Waals surface area contributed by atoms with Crippen LogP contribution in [0.1, 0.15) is 0 Å². The van der Waals surface area contributed by atoms with Gasteiger partial charge in [-0.25, -0.2) is 4.39 Å². The van der Waals surface area contributed by atoms with Crippen LogP contribution in [0.2, 0.25) is 5.02 Å². The highest BCUT2D eigenvalue weighted by Crippen LogP contribution is 2.40. The van der Waals surface area contributed by atoms with E-state index in [9.17, 15) is 4.39 Å². The number of hydrogen-bond donors (Lipinski definition) is 1. The second-order valence-corrected chi connectivity index (χ2v) is 5.23. The van der Waals surface area contributed by atoms with Crippen molar-refractivity contribution in [3.8, 4) is 21.7 Å². The van der Waals surface area contributed by atoms with E-state index in [4.69, 9.17) is 21.9 Å². The van der Waals surface area contributed by atoms with Gasteiger partial charge in [0.05, 0.1) is 15.5 Å². The fourth-order valence-corrected chi connectivity index (χ4v) is 2.81. The number of thiophene rings is 1. The van der Waals surface area contributed by atoms with E-state index in [-0.39, 0.29) is 10.9 Å². The van der Waals surface area contributed by atoms with Gasteiger partial charge in [0.25, 0.3) is 0 Å². The summed E-state index contributed by atoms with van der Waals surface area (Å²) in [6.07, 6.45) is 0. The van der Waals surface area contributed by atoms with Crippen LogP contribution in [0.4, 0.5) is 10.3 Å². The van der Waals surface area contributed by atoms with Gasteiger partial charge >= 0.3 is 0 Å². The lowest BCUT2D eigenvalue weighted by Gasteiger charge is -2.04. The minimum atomic E-state index is -0.401. The van der Waals surface area contributed by atoms with Crippen molar-refractivity contribution >= 4 is 28.8 Å². The van der Waals surface area contributed by atoms with Gasteiger partial charge in [0.1, 0.15) is 11.5 Å². The molecule has 0 unspecified atom stereocenters. The van der Waals surface area contributed by atoms with Crippen molar-refractivity contribution < 1.29 is 8.91 Å². The molecule has 0 radical (unpaired) electrons. The lowest BCUT2D eigenvalue weighted by Crippen LogP contribution is -1.88. The molecule has 0 aliphatic rings. The molecule has 3 aromatic rings. The highest BCUT2D eigenvalue weighted by molar-refractivity contribution is 7.13. The van der Waals surface area contributed by atoms with E-state index in [1.807, 2.05) is 17.5 Å². The third-order valence-electron chi connectivity index (χ3n) is 2.67. The first kappa shape index (κ1) is 12.2. The standard InChI is InChI=1S/C13H8ClFN2OS/c14-9-6-7(15)3-4-8(9)11-12(17-18-13(11)16)10-2-1-5-19-10/h1-6H,16H2. The monoisotopic (exact) mass is 294 g/mol. The largest absolute Gasteiger partial charge is 0.367 e. The Morgan fingerprint density at radius 1 is 1.32 bits per heavy atom. The molecule has 1 aromatic carbocycles. The van der Waals surface area contributed by atoms with Gasteiger partial charge in [-0.3, -0.25) is 0 Å². The summed E-state index contributed by atoms with van der Waals surface area (Å²) < 4.78 is 18.2. The number of rotatable bonds is 2. The number of anilines is 1. The van der Waals surface area contributed by atoms with Crippen molar-refractivity contribution in [3.63, 3.8) is 0 Å². The zero-order valence-corrected chi connectivity index (χ0v) is 11.1. The number of nitrogens with zero attached hydrogens (tertiary/aromatic N) is 1. The van der Waals surface area contributed by atoms with Crippen LogP contribution in [0.25, 0.3) is 21.7 Å². The van der Waals surface area contributed by atoms with Gasteiger partial charge in [-0.2, -0.15) is 0 Å². The van der Waals surface area contributed by atoms with E-state index in [1.165, 1.54) is 23.5 Å². The summed E-state index contributed by atoms with van der Waals surface area (Å²) >= 11 is 7.58. The topological polar surface area (TPSA) is 52.0 Å². The summed E-state index contributed by atoms with van der Waals surface area (Å²) in [7, 11) is 0. The van der Waals surface area contributed by atoms with Gasteiger partial charge in [-0.05, 0) is 29.6 Å². The molecule has 0 atom stereocenters. The molecular formula is C13H8ClFN2OS. The SMILES string of the molecule is Nc1onc(-c2cccs2)c1-c1ccc(F)cc1Cl. The predicted molar refractivity (Wildman–Crippen MR) is 74.6 cm³/mol. The molecule has 0 aliphatic carbocycles. The number of benzene rings is 1. The maximum atomic E-state index is 13.1. The van der Waals surface area contributed by atoms with Crippen LogP contribution in [0.15, 0.2) is 40.2 Å². The van der Waals surface area contributed by atoms with Crippen LogP contribution in [0.5, 0.6) is 0 Å². The molecule has 0 saturated carbocycles. The molecule has 0 fully saturated rings. The normalized spacial score (nSPS) is 10.8. The summed E-state index contributed by atoms with van der Waals surface area (Å²) in [6.45, 7) is 0. The number of aromatic nitrogens is 1. The maximum Gasteiger partial charge on any atom is 0.230 e. The van der Waals surface area contributed by atoms with E-state index in [0.717, 1.165) is 4.88 Å². The first-order valence-corrected chi connectivity index (χ1v) is 6.67. The Morgan fingerprint density at radius 2 is 2.16 bits per heavy atom. The molecular weight excluding hydrogens is 287 g/mol. The molecule has 19 heavy (non-hydrogen) atoms. The van der Waals surface area contributed by atoms with Crippen LogP contribution in [0, 0.1) is 5.82 Å².